The molecule has 0 radical (unpaired) electrons. The van der Waals surface area contributed by atoms with E-state index >= 15 is 0 Å². The van der Waals surface area contributed by atoms with Crippen molar-refractivity contribution in [2.45, 2.75) is 0 Å². The number of fused-ring (bicyclic) bond motifs is 1. The molecule has 76 valence electrons. The number of aromatic nitrogens is 3. The first-order valence-corrected chi connectivity index (χ1v) is 4.67. The second-order valence-electron chi connectivity index (χ2n) is 3.26. The zero-order valence-electron chi connectivity index (χ0n) is 8.16. The molecule has 0 spiro atoms. The van der Waals surface area contributed by atoms with E-state index in [1.807, 2.05) is 0 Å². The van der Waals surface area contributed by atoms with E-state index in [2.05, 4.69) is 16.3 Å². The summed E-state index contributed by atoms with van der Waals surface area (Å²) in [6.07, 6.45) is 3.26. The van der Waals surface area contributed by atoms with Crippen LogP contribution >= 0.6 is 0 Å². The molecule has 0 bridgehead atoms. The maximum absolute atomic E-state index is 8.83. The van der Waals surface area contributed by atoms with E-state index in [-0.39, 0.29) is 0 Å². The van der Waals surface area contributed by atoms with Crippen LogP contribution in [0.15, 0.2) is 41.1 Å². The molecular weight excluding hydrogens is 204 g/mol. The van der Waals surface area contributed by atoms with E-state index in [1.165, 1.54) is 0 Å². The first-order valence-electron chi connectivity index (χ1n) is 4.67. The minimum atomic E-state index is 0.556. The maximum atomic E-state index is 8.83. The van der Waals surface area contributed by atoms with Gasteiger partial charge in [-0.15, -0.1) is 10.2 Å². The van der Waals surface area contributed by atoms with Crippen LogP contribution in [0.5, 0.6) is 0 Å². The van der Waals surface area contributed by atoms with E-state index in [9.17, 15) is 0 Å². The van der Waals surface area contributed by atoms with Gasteiger partial charge in [-0.1, -0.05) is 0 Å². The molecule has 0 fully saturated rings. The van der Waals surface area contributed by atoms with Crippen LogP contribution in [0.4, 0.5) is 0 Å². The van der Waals surface area contributed by atoms with E-state index in [0.29, 0.717) is 22.8 Å². The Bertz CT molecular complexity index is 676. The summed E-state index contributed by atoms with van der Waals surface area (Å²) in [5, 5.41) is 16.8. The SMILES string of the molecule is N#Cc1ccc2nnc(-c3ccco3)n2c1. The fourth-order valence-electron chi connectivity index (χ4n) is 1.53. The molecule has 0 saturated carbocycles. The zero-order valence-corrected chi connectivity index (χ0v) is 8.16. The van der Waals surface area contributed by atoms with Crippen molar-refractivity contribution in [2.24, 2.45) is 0 Å². The van der Waals surface area contributed by atoms with Crippen molar-refractivity contribution < 1.29 is 4.42 Å². The highest BCUT2D eigenvalue weighted by molar-refractivity contribution is 5.54. The van der Waals surface area contributed by atoms with Gasteiger partial charge in [0, 0.05) is 6.20 Å². The van der Waals surface area contributed by atoms with Crippen molar-refractivity contribution in [1.82, 2.24) is 14.6 Å². The molecule has 5 heteroatoms. The number of hydrogen-bond acceptors (Lipinski definition) is 4. The topological polar surface area (TPSA) is 67.1 Å². The molecule has 3 rings (SSSR count). The number of rotatable bonds is 1. The Morgan fingerprint density at radius 2 is 2.19 bits per heavy atom. The van der Waals surface area contributed by atoms with Crippen LogP contribution in [-0.4, -0.2) is 14.6 Å². The Balaban J connectivity index is 2.31. The van der Waals surface area contributed by atoms with E-state index < -0.39 is 0 Å². The van der Waals surface area contributed by atoms with Crippen LogP contribution in [0.2, 0.25) is 0 Å². The van der Waals surface area contributed by atoms with Crippen molar-refractivity contribution >= 4 is 5.65 Å². The molecule has 0 aromatic carbocycles. The summed E-state index contributed by atoms with van der Waals surface area (Å²) in [5.74, 6) is 1.22. The van der Waals surface area contributed by atoms with Gasteiger partial charge in [0.2, 0.25) is 5.82 Å². The Morgan fingerprint density at radius 3 is 2.94 bits per heavy atom. The lowest BCUT2D eigenvalue weighted by atomic mass is 10.3. The van der Waals surface area contributed by atoms with Crippen LogP contribution in [0.3, 0.4) is 0 Å². The Kier molecular flexibility index (Phi) is 1.74. The smallest absolute Gasteiger partial charge is 0.204 e. The normalized spacial score (nSPS) is 10.4. The summed E-state index contributed by atoms with van der Waals surface area (Å²) in [4.78, 5) is 0. The van der Waals surface area contributed by atoms with Gasteiger partial charge in [0.15, 0.2) is 11.4 Å². The predicted molar refractivity (Wildman–Crippen MR) is 55.4 cm³/mol. The minimum Gasteiger partial charge on any atom is -0.461 e. The molecule has 3 aromatic rings. The summed E-state index contributed by atoms with van der Waals surface area (Å²) in [7, 11) is 0. The molecule has 16 heavy (non-hydrogen) atoms. The second-order valence-corrected chi connectivity index (χ2v) is 3.26. The summed E-state index contributed by atoms with van der Waals surface area (Å²) in [6.45, 7) is 0. The second kappa shape index (κ2) is 3.21. The molecule has 0 atom stereocenters. The van der Waals surface area contributed by atoms with Gasteiger partial charge in [0.25, 0.3) is 0 Å². The first-order chi connectivity index (χ1) is 7.88. The first kappa shape index (κ1) is 8.68. The standard InChI is InChI=1S/C11H6N4O/c12-6-8-3-4-10-13-14-11(15(10)7-8)9-2-1-5-16-9/h1-5,7H. The van der Waals surface area contributed by atoms with E-state index in [0.717, 1.165) is 0 Å². The zero-order chi connectivity index (χ0) is 11.0. The molecule has 0 aliphatic rings. The third-order valence-electron chi connectivity index (χ3n) is 2.27. The van der Waals surface area contributed by atoms with E-state index in [1.54, 1.807) is 41.1 Å². The average molecular weight is 210 g/mol. The Hall–Kier alpha value is -2.61. The molecule has 0 N–H and O–H groups in total. The highest BCUT2D eigenvalue weighted by atomic mass is 16.3. The van der Waals surface area contributed by atoms with Crippen LogP contribution in [-0.2, 0) is 0 Å². The van der Waals surface area contributed by atoms with Crippen molar-refractivity contribution in [3.05, 3.63) is 42.3 Å². The summed E-state index contributed by atoms with van der Waals surface area (Å²) >= 11 is 0. The highest BCUT2D eigenvalue weighted by Gasteiger charge is 2.10. The number of nitriles is 1. The van der Waals surface area contributed by atoms with Crippen LogP contribution in [0.1, 0.15) is 5.56 Å². The van der Waals surface area contributed by atoms with Gasteiger partial charge < -0.3 is 4.42 Å². The molecule has 0 aliphatic carbocycles. The lowest BCUT2D eigenvalue weighted by molar-refractivity contribution is 0.576. The molecule has 0 saturated heterocycles. The van der Waals surface area contributed by atoms with E-state index in [4.69, 9.17) is 9.68 Å². The molecule has 0 amide bonds. The summed E-state index contributed by atoms with van der Waals surface area (Å²) < 4.78 is 6.99. The van der Waals surface area contributed by atoms with Crippen molar-refractivity contribution in [3.8, 4) is 17.7 Å². The van der Waals surface area contributed by atoms with Gasteiger partial charge in [0.1, 0.15) is 6.07 Å². The van der Waals surface area contributed by atoms with Gasteiger partial charge in [-0.05, 0) is 24.3 Å². The van der Waals surface area contributed by atoms with Crippen LogP contribution in [0, 0.1) is 11.3 Å². The quantitative estimate of drug-likeness (QED) is 0.614. The van der Waals surface area contributed by atoms with Gasteiger partial charge in [0.05, 0.1) is 11.8 Å². The number of furan rings is 1. The molecule has 3 heterocycles. The minimum absolute atomic E-state index is 0.556. The molecular formula is C11H6N4O. The Labute approximate surface area is 90.6 Å². The fraction of sp³-hybridized carbons (Fsp3) is 0. The van der Waals surface area contributed by atoms with Gasteiger partial charge >= 0.3 is 0 Å². The highest BCUT2D eigenvalue weighted by Crippen LogP contribution is 2.18. The van der Waals surface area contributed by atoms with Gasteiger partial charge in [-0.3, -0.25) is 4.40 Å². The van der Waals surface area contributed by atoms with Gasteiger partial charge in [-0.25, -0.2) is 0 Å². The van der Waals surface area contributed by atoms with Crippen molar-refractivity contribution in [2.75, 3.05) is 0 Å². The monoisotopic (exact) mass is 210 g/mol. The Morgan fingerprint density at radius 1 is 1.25 bits per heavy atom. The number of pyridine rings is 1. The maximum Gasteiger partial charge on any atom is 0.204 e. The number of nitrogens with zero attached hydrogens (tertiary/aromatic N) is 4. The third-order valence-corrected chi connectivity index (χ3v) is 2.27. The number of hydrogen-bond donors (Lipinski definition) is 0. The fourth-order valence-corrected chi connectivity index (χ4v) is 1.53. The van der Waals surface area contributed by atoms with Crippen molar-refractivity contribution in [1.29, 1.82) is 5.26 Å². The lowest BCUT2D eigenvalue weighted by Crippen LogP contribution is -1.89. The summed E-state index contributed by atoms with van der Waals surface area (Å²) in [6, 6.07) is 9.11. The third kappa shape index (κ3) is 1.17. The largest absolute Gasteiger partial charge is 0.461 e. The predicted octanol–water partition coefficient (Wildman–Crippen LogP) is 1.86. The molecule has 0 aliphatic heterocycles. The molecule has 5 nitrogen and oxygen atoms in total. The van der Waals surface area contributed by atoms with Crippen molar-refractivity contribution in [3.63, 3.8) is 0 Å². The molecule has 3 aromatic heterocycles. The lowest BCUT2D eigenvalue weighted by Gasteiger charge is -1.96. The van der Waals surface area contributed by atoms with Gasteiger partial charge in [-0.2, -0.15) is 5.26 Å². The summed E-state index contributed by atoms with van der Waals surface area (Å²) in [5.41, 5.74) is 1.24. The van der Waals surface area contributed by atoms with Crippen LogP contribution < -0.4 is 0 Å². The van der Waals surface area contributed by atoms with Crippen LogP contribution in [0.25, 0.3) is 17.2 Å². The molecule has 0 unspecified atom stereocenters. The average Bonchev–Trinajstić information content (AvgIpc) is 2.96.